The lowest BCUT2D eigenvalue weighted by Gasteiger charge is -2.14. The van der Waals surface area contributed by atoms with Gasteiger partial charge < -0.3 is 25.3 Å². The first-order valence-corrected chi connectivity index (χ1v) is 8.61. The van der Waals surface area contributed by atoms with Crippen LogP contribution in [0.4, 0.5) is 0 Å². The van der Waals surface area contributed by atoms with Crippen LogP contribution in [0.2, 0.25) is 5.02 Å². The van der Waals surface area contributed by atoms with Crippen molar-refractivity contribution in [3.05, 3.63) is 52.5 Å². The van der Waals surface area contributed by atoms with Gasteiger partial charge in [0.15, 0.2) is 18.1 Å². The molecule has 7 heteroatoms. The molecule has 0 spiro atoms. The van der Waals surface area contributed by atoms with E-state index in [0.29, 0.717) is 36.2 Å². The molecule has 3 N–H and O–H groups in total. The average Bonchev–Trinajstić information content (AvgIpc) is 2.62. The minimum absolute atomic E-state index is 0.262. The molecule has 2 aromatic rings. The van der Waals surface area contributed by atoms with E-state index in [9.17, 15) is 4.79 Å². The molecule has 0 aliphatic carbocycles. The number of ether oxygens (including phenoxy) is 3. The Morgan fingerprint density at radius 3 is 2.62 bits per heavy atom. The first-order valence-electron chi connectivity index (χ1n) is 8.24. The molecule has 0 aliphatic heterocycles. The fourth-order valence-electron chi connectivity index (χ4n) is 2.45. The van der Waals surface area contributed by atoms with Crippen LogP contribution in [0, 0.1) is 0 Å². The summed E-state index contributed by atoms with van der Waals surface area (Å²) in [5.41, 5.74) is 7.10. The number of carbonyl (C=O) groups excluding carboxylic acids is 1. The molecule has 6 nitrogen and oxygen atoms in total. The van der Waals surface area contributed by atoms with Crippen LogP contribution >= 0.6 is 11.6 Å². The smallest absolute Gasteiger partial charge is 0.255 e. The molecule has 0 radical (unpaired) electrons. The minimum atomic E-state index is -0.582. The average molecular weight is 379 g/mol. The molecule has 0 unspecified atom stereocenters. The normalized spacial score (nSPS) is 10.4. The number of methoxy groups -OCH3 is 1. The molecule has 0 saturated carbocycles. The standard InChI is InChI=1S/C19H23ClN2O4/c1-3-25-16-7-5-4-6-14(16)11-22-10-13-8-15(20)19(17(9-13)24-2)26-12-18(21)23/h4-9,22H,3,10-12H2,1-2H3,(H2,21,23). The van der Waals surface area contributed by atoms with Gasteiger partial charge >= 0.3 is 0 Å². The van der Waals surface area contributed by atoms with Gasteiger partial charge in [-0.2, -0.15) is 0 Å². The summed E-state index contributed by atoms with van der Waals surface area (Å²) in [7, 11) is 1.51. The molecule has 1 amide bonds. The van der Waals surface area contributed by atoms with Gasteiger partial charge in [0.1, 0.15) is 5.75 Å². The van der Waals surface area contributed by atoms with Crippen LogP contribution in [0.25, 0.3) is 0 Å². The topological polar surface area (TPSA) is 82.8 Å². The predicted molar refractivity (Wildman–Crippen MR) is 101 cm³/mol. The molecule has 0 aliphatic rings. The van der Waals surface area contributed by atoms with E-state index < -0.39 is 5.91 Å². The Morgan fingerprint density at radius 2 is 1.92 bits per heavy atom. The number of benzene rings is 2. The highest BCUT2D eigenvalue weighted by Crippen LogP contribution is 2.36. The summed E-state index contributed by atoms with van der Waals surface area (Å²) in [4.78, 5) is 10.9. The number of hydrogen-bond donors (Lipinski definition) is 2. The van der Waals surface area contributed by atoms with Gasteiger partial charge in [0, 0.05) is 18.7 Å². The number of amides is 1. The third-order valence-electron chi connectivity index (χ3n) is 3.57. The lowest BCUT2D eigenvalue weighted by molar-refractivity contribution is -0.119. The van der Waals surface area contributed by atoms with Crippen molar-refractivity contribution in [2.75, 3.05) is 20.3 Å². The largest absolute Gasteiger partial charge is 0.494 e. The summed E-state index contributed by atoms with van der Waals surface area (Å²) in [5, 5.41) is 3.71. The van der Waals surface area contributed by atoms with Gasteiger partial charge in [-0.3, -0.25) is 4.79 Å². The first kappa shape index (κ1) is 19.9. The van der Waals surface area contributed by atoms with Crippen molar-refractivity contribution in [1.29, 1.82) is 0 Å². The van der Waals surface area contributed by atoms with Crippen LogP contribution in [0.15, 0.2) is 36.4 Å². The number of nitrogens with one attached hydrogen (secondary N) is 1. The molecule has 26 heavy (non-hydrogen) atoms. The van der Waals surface area contributed by atoms with Crippen LogP contribution in [-0.2, 0) is 17.9 Å². The minimum Gasteiger partial charge on any atom is -0.494 e. The number of halogens is 1. The maximum atomic E-state index is 10.9. The number of rotatable bonds is 10. The molecular weight excluding hydrogens is 356 g/mol. The summed E-state index contributed by atoms with van der Waals surface area (Å²) >= 11 is 6.25. The van der Waals surface area contributed by atoms with Gasteiger partial charge in [-0.05, 0) is 30.7 Å². The van der Waals surface area contributed by atoms with Crippen LogP contribution in [-0.4, -0.2) is 26.2 Å². The van der Waals surface area contributed by atoms with Crippen LogP contribution in [0.1, 0.15) is 18.1 Å². The molecule has 2 rings (SSSR count). The molecule has 140 valence electrons. The van der Waals surface area contributed by atoms with E-state index in [-0.39, 0.29) is 6.61 Å². The maximum absolute atomic E-state index is 10.9. The highest BCUT2D eigenvalue weighted by molar-refractivity contribution is 6.32. The summed E-state index contributed by atoms with van der Waals surface area (Å²) in [6.45, 7) is 3.54. The predicted octanol–water partition coefficient (Wildman–Crippen LogP) is 2.90. The number of carbonyl (C=O) groups is 1. The highest BCUT2D eigenvalue weighted by Gasteiger charge is 2.13. The van der Waals surface area contributed by atoms with Crippen molar-refractivity contribution in [2.24, 2.45) is 5.73 Å². The van der Waals surface area contributed by atoms with Crippen LogP contribution < -0.4 is 25.3 Å². The molecular formula is C19H23ClN2O4. The van der Waals surface area contributed by atoms with Gasteiger partial charge in [-0.15, -0.1) is 0 Å². The second-order valence-corrected chi connectivity index (χ2v) is 5.92. The van der Waals surface area contributed by atoms with Crippen LogP contribution in [0.5, 0.6) is 17.2 Å². The van der Waals surface area contributed by atoms with Gasteiger partial charge in [0.2, 0.25) is 0 Å². The van der Waals surface area contributed by atoms with E-state index in [1.54, 1.807) is 6.07 Å². The van der Waals surface area contributed by atoms with Crippen molar-refractivity contribution in [3.8, 4) is 17.2 Å². The Morgan fingerprint density at radius 1 is 1.15 bits per heavy atom. The van der Waals surface area contributed by atoms with Crippen LogP contribution in [0.3, 0.4) is 0 Å². The highest BCUT2D eigenvalue weighted by atomic mass is 35.5. The third-order valence-corrected chi connectivity index (χ3v) is 3.85. The molecule has 0 aromatic heterocycles. The zero-order valence-electron chi connectivity index (χ0n) is 14.9. The number of nitrogens with two attached hydrogens (primary N) is 1. The van der Waals surface area contributed by atoms with Crippen molar-refractivity contribution < 1.29 is 19.0 Å². The van der Waals surface area contributed by atoms with E-state index in [1.165, 1.54) is 7.11 Å². The van der Waals surface area contributed by atoms with E-state index in [1.807, 2.05) is 37.3 Å². The second kappa shape index (κ2) is 9.89. The summed E-state index contributed by atoms with van der Waals surface area (Å²) in [6.07, 6.45) is 0. The Labute approximate surface area is 158 Å². The van der Waals surface area contributed by atoms with Crippen molar-refractivity contribution in [1.82, 2.24) is 5.32 Å². The zero-order valence-corrected chi connectivity index (χ0v) is 15.6. The van der Waals surface area contributed by atoms with Gasteiger partial charge in [0.25, 0.3) is 5.91 Å². The fraction of sp³-hybridized carbons (Fsp3) is 0.316. The quantitative estimate of drug-likeness (QED) is 0.664. The molecule has 0 saturated heterocycles. The van der Waals surface area contributed by atoms with Gasteiger partial charge in [0.05, 0.1) is 18.7 Å². The lowest BCUT2D eigenvalue weighted by atomic mass is 10.1. The van der Waals surface area contributed by atoms with Crippen molar-refractivity contribution >= 4 is 17.5 Å². The molecule has 0 bridgehead atoms. The Bertz CT molecular complexity index is 752. The molecule has 0 fully saturated rings. The number of para-hydroxylation sites is 1. The SMILES string of the molecule is CCOc1ccccc1CNCc1cc(Cl)c(OCC(N)=O)c(OC)c1. The summed E-state index contributed by atoms with van der Waals surface area (Å²) in [6, 6.07) is 11.5. The fourth-order valence-corrected chi connectivity index (χ4v) is 2.73. The van der Waals surface area contributed by atoms with Gasteiger partial charge in [-0.1, -0.05) is 29.8 Å². The van der Waals surface area contributed by atoms with Crippen molar-refractivity contribution in [3.63, 3.8) is 0 Å². The van der Waals surface area contributed by atoms with Crippen molar-refractivity contribution in [2.45, 2.75) is 20.0 Å². The zero-order chi connectivity index (χ0) is 18.9. The maximum Gasteiger partial charge on any atom is 0.255 e. The Kier molecular flexibility index (Phi) is 7.56. The Hall–Kier alpha value is -2.44. The molecule has 0 atom stereocenters. The summed E-state index contributed by atoms with van der Waals surface area (Å²) in [5.74, 6) is 1.04. The monoisotopic (exact) mass is 378 g/mol. The molecule has 0 heterocycles. The van der Waals surface area contributed by atoms with E-state index in [2.05, 4.69) is 5.32 Å². The molecule has 2 aromatic carbocycles. The first-order chi connectivity index (χ1) is 12.5. The second-order valence-electron chi connectivity index (χ2n) is 5.51. The Balaban J connectivity index is 2.04. The van der Waals surface area contributed by atoms with Gasteiger partial charge in [-0.25, -0.2) is 0 Å². The van der Waals surface area contributed by atoms with E-state index in [0.717, 1.165) is 16.9 Å². The summed E-state index contributed by atoms with van der Waals surface area (Å²) < 4.78 is 16.3. The third kappa shape index (κ3) is 5.54. The lowest BCUT2D eigenvalue weighted by Crippen LogP contribution is -2.20. The van der Waals surface area contributed by atoms with E-state index in [4.69, 9.17) is 31.5 Å². The number of primary amides is 1. The number of hydrogen-bond acceptors (Lipinski definition) is 5. The van der Waals surface area contributed by atoms with E-state index >= 15 is 0 Å².